The Morgan fingerprint density at radius 2 is 2.20 bits per heavy atom. The van der Waals surface area contributed by atoms with Gasteiger partial charge in [-0.15, -0.1) is 6.42 Å². The number of hydrogen-bond donors (Lipinski definition) is 2. The van der Waals surface area contributed by atoms with E-state index in [1.807, 2.05) is 0 Å². The molecule has 0 saturated carbocycles. The molecule has 0 aromatic carbocycles. The number of piperidine rings is 1. The van der Waals surface area contributed by atoms with Crippen molar-refractivity contribution < 1.29 is 4.79 Å². The third-order valence-corrected chi connectivity index (χ3v) is 2.71. The lowest BCUT2D eigenvalue weighted by molar-refractivity contribution is -0.117. The minimum atomic E-state index is -0.243. The van der Waals surface area contributed by atoms with Crippen LogP contribution in [0.25, 0.3) is 0 Å². The number of hydrogen-bond acceptors (Lipinski definition) is 3. The van der Waals surface area contributed by atoms with Gasteiger partial charge in [0.25, 0.3) is 0 Å². The van der Waals surface area contributed by atoms with Crippen LogP contribution < -0.4 is 11.1 Å². The Labute approximate surface area is 91.2 Å². The summed E-state index contributed by atoms with van der Waals surface area (Å²) in [5, 5.41) is 3.34. The maximum Gasteiger partial charge on any atom is 0.218 e. The van der Waals surface area contributed by atoms with E-state index < -0.39 is 0 Å². The summed E-state index contributed by atoms with van der Waals surface area (Å²) in [4.78, 5) is 12.8. The lowest BCUT2D eigenvalue weighted by atomic mass is 10.1. The van der Waals surface area contributed by atoms with Crippen LogP contribution in [0.5, 0.6) is 0 Å². The molecule has 1 aliphatic heterocycles. The number of nitrogens with two attached hydrogens (primary N) is 1. The highest BCUT2D eigenvalue weighted by atomic mass is 16.1. The van der Waals surface area contributed by atoms with Crippen LogP contribution in [0.2, 0.25) is 0 Å². The third kappa shape index (κ3) is 4.82. The van der Waals surface area contributed by atoms with Crippen LogP contribution >= 0.6 is 0 Å². The number of nitrogens with zero attached hydrogens (tertiary/aromatic N) is 1. The van der Waals surface area contributed by atoms with E-state index in [0.717, 1.165) is 32.5 Å². The fourth-order valence-electron chi connectivity index (χ4n) is 1.82. The Kier molecular flexibility index (Phi) is 5.16. The molecule has 0 aliphatic carbocycles. The van der Waals surface area contributed by atoms with Crippen molar-refractivity contribution in [1.29, 1.82) is 0 Å². The Hall–Kier alpha value is -1.05. The average molecular weight is 209 g/mol. The van der Waals surface area contributed by atoms with Crippen LogP contribution in [-0.4, -0.2) is 43.0 Å². The fraction of sp³-hybridized carbons (Fsp3) is 0.727. The van der Waals surface area contributed by atoms with Crippen molar-refractivity contribution in [3.05, 3.63) is 0 Å². The second-order valence-corrected chi connectivity index (χ2v) is 3.92. The molecule has 1 rings (SSSR count). The summed E-state index contributed by atoms with van der Waals surface area (Å²) in [5.41, 5.74) is 5.06. The van der Waals surface area contributed by atoms with E-state index in [4.69, 9.17) is 12.2 Å². The third-order valence-electron chi connectivity index (χ3n) is 2.71. The smallest absolute Gasteiger partial charge is 0.218 e. The molecule has 1 aliphatic rings. The van der Waals surface area contributed by atoms with Gasteiger partial charge < -0.3 is 11.1 Å². The molecule has 4 nitrogen and oxygen atoms in total. The van der Waals surface area contributed by atoms with Crippen molar-refractivity contribution in [2.45, 2.75) is 25.3 Å². The number of carbonyl (C=O) groups excluding carboxylic acids is 1. The molecule has 0 aromatic rings. The first-order valence-corrected chi connectivity index (χ1v) is 5.40. The molecule has 1 fully saturated rings. The second-order valence-electron chi connectivity index (χ2n) is 3.92. The molecule has 1 heterocycles. The van der Waals surface area contributed by atoms with Gasteiger partial charge in [-0.25, -0.2) is 0 Å². The number of primary amides is 1. The standard InChI is InChI=1S/C11H19N3O/c1-2-7-14-8-4-10(5-9-14)13-6-3-11(12)15/h1,10,13H,3-9H2,(H2,12,15). The molecule has 0 bridgehead atoms. The molecule has 0 spiro atoms. The van der Waals surface area contributed by atoms with Gasteiger partial charge in [0.05, 0.1) is 6.54 Å². The Morgan fingerprint density at radius 1 is 1.53 bits per heavy atom. The number of rotatable bonds is 5. The number of likely N-dealkylation sites (tertiary alicyclic amines) is 1. The van der Waals surface area contributed by atoms with Gasteiger partial charge >= 0.3 is 0 Å². The van der Waals surface area contributed by atoms with Gasteiger partial charge in [-0.2, -0.15) is 0 Å². The van der Waals surface area contributed by atoms with E-state index in [2.05, 4.69) is 16.1 Å². The number of nitrogens with one attached hydrogen (secondary N) is 1. The van der Waals surface area contributed by atoms with Gasteiger partial charge in [0.2, 0.25) is 5.91 Å². The molecule has 1 amide bonds. The van der Waals surface area contributed by atoms with E-state index >= 15 is 0 Å². The van der Waals surface area contributed by atoms with Crippen LogP contribution in [0.1, 0.15) is 19.3 Å². The maximum absolute atomic E-state index is 10.5. The molecule has 0 radical (unpaired) electrons. The van der Waals surface area contributed by atoms with Gasteiger partial charge in [0.15, 0.2) is 0 Å². The molecule has 4 heteroatoms. The monoisotopic (exact) mass is 209 g/mol. The molecule has 0 aromatic heterocycles. The SMILES string of the molecule is C#CCN1CCC(NCCC(N)=O)CC1. The van der Waals surface area contributed by atoms with E-state index in [9.17, 15) is 4.79 Å². The molecular formula is C11H19N3O. The molecule has 0 unspecified atom stereocenters. The maximum atomic E-state index is 10.5. The Balaban J connectivity index is 2.10. The Morgan fingerprint density at radius 3 is 2.73 bits per heavy atom. The fourth-order valence-corrected chi connectivity index (χ4v) is 1.82. The number of amides is 1. The van der Waals surface area contributed by atoms with Crippen LogP contribution in [-0.2, 0) is 4.79 Å². The van der Waals surface area contributed by atoms with Crippen LogP contribution in [0.15, 0.2) is 0 Å². The highest BCUT2D eigenvalue weighted by molar-refractivity contribution is 5.73. The van der Waals surface area contributed by atoms with Crippen LogP contribution in [0.3, 0.4) is 0 Å². The predicted octanol–water partition coefficient (Wildman–Crippen LogP) is -0.451. The number of carbonyl (C=O) groups is 1. The topological polar surface area (TPSA) is 58.4 Å². The zero-order valence-electron chi connectivity index (χ0n) is 9.04. The van der Waals surface area contributed by atoms with Gasteiger partial charge in [-0.3, -0.25) is 9.69 Å². The zero-order chi connectivity index (χ0) is 11.1. The largest absolute Gasteiger partial charge is 0.370 e. The molecule has 0 atom stereocenters. The van der Waals surface area contributed by atoms with E-state index in [1.54, 1.807) is 0 Å². The van der Waals surface area contributed by atoms with E-state index in [1.165, 1.54) is 0 Å². The molecule has 1 saturated heterocycles. The lowest BCUT2D eigenvalue weighted by Crippen LogP contribution is -2.43. The van der Waals surface area contributed by atoms with Gasteiger partial charge in [-0.05, 0) is 12.8 Å². The van der Waals surface area contributed by atoms with Crippen molar-refractivity contribution >= 4 is 5.91 Å². The molecule has 84 valence electrons. The summed E-state index contributed by atoms with van der Waals surface area (Å²) in [6, 6.07) is 0.512. The summed E-state index contributed by atoms with van der Waals surface area (Å²) < 4.78 is 0. The summed E-state index contributed by atoms with van der Waals surface area (Å²) in [5.74, 6) is 2.41. The molecule has 3 N–H and O–H groups in total. The Bertz CT molecular complexity index is 239. The minimum absolute atomic E-state index is 0.243. The average Bonchev–Trinajstić information content (AvgIpc) is 2.20. The van der Waals surface area contributed by atoms with Gasteiger partial charge in [0, 0.05) is 32.1 Å². The summed E-state index contributed by atoms with van der Waals surface area (Å²) in [6.07, 6.45) is 7.87. The van der Waals surface area contributed by atoms with Crippen molar-refractivity contribution in [1.82, 2.24) is 10.2 Å². The number of terminal acetylenes is 1. The summed E-state index contributed by atoms with van der Waals surface area (Å²) >= 11 is 0. The van der Waals surface area contributed by atoms with Crippen LogP contribution in [0, 0.1) is 12.3 Å². The lowest BCUT2D eigenvalue weighted by Gasteiger charge is -2.31. The minimum Gasteiger partial charge on any atom is -0.370 e. The highest BCUT2D eigenvalue weighted by Gasteiger charge is 2.17. The first-order valence-electron chi connectivity index (χ1n) is 5.40. The highest BCUT2D eigenvalue weighted by Crippen LogP contribution is 2.09. The predicted molar refractivity (Wildman–Crippen MR) is 60.1 cm³/mol. The second kappa shape index (κ2) is 6.44. The first kappa shape index (κ1) is 12.0. The van der Waals surface area contributed by atoms with E-state index in [0.29, 0.717) is 19.0 Å². The van der Waals surface area contributed by atoms with Gasteiger partial charge in [-0.1, -0.05) is 5.92 Å². The van der Waals surface area contributed by atoms with Crippen molar-refractivity contribution in [2.24, 2.45) is 5.73 Å². The summed E-state index contributed by atoms with van der Waals surface area (Å²) in [6.45, 7) is 3.51. The zero-order valence-corrected chi connectivity index (χ0v) is 9.04. The molecular weight excluding hydrogens is 190 g/mol. The molecule has 15 heavy (non-hydrogen) atoms. The quantitative estimate of drug-likeness (QED) is 0.603. The van der Waals surface area contributed by atoms with Crippen molar-refractivity contribution in [2.75, 3.05) is 26.2 Å². The normalized spacial score (nSPS) is 18.6. The van der Waals surface area contributed by atoms with Crippen molar-refractivity contribution in [3.63, 3.8) is 0 Å². The van der Waals surface area contributed by atoms with Gasteiger partial charge in [0.1, 0.15) is 0 Å². The van der Waals surface area contributed by atoms with E-state index in [-0.39, 0.29) is 5.91 Å². The first-order chi connectivity index (χ1) is 7.22. The van der Waals surface area contributed by atoms with Crippen LogP contribution in [0.4, 0.5) is 0 Å². The van der Waals surface area contributed by atoms with Crippen molar-refractivity contribution in [3.8, 4) is 12.3 Å². The summed E-state index contributed by atoms with van der Waals surface area (Å²) in [7, 11) is 0.